The van der Waals surface area contributed by atoms with Crippen molar-refractivity contribution in [1.82, 2.24) is 5.16 Å². The summed E-state index contributed by atoms with van der Waals surface area (Å²) < 4.78 is 43.1. The number of nitrogens with one attached hydrogen (secondary N) is 1. The number of carbonyl (C=O) groups excluding carboxylic acids is 1. The molecule has 0 saturated heterocycles. The smallest absolute Gasteiger partial charge is 0.264 e. The highest BCUT2D eigenvalue weighted by Gasteiger charge is 2.22. The molecule has 1 aliphatic rings. The van der Waals surface area contributed by atoms with Crippen LogP contribution in [0.15, 0.2) is 45.2 Å². The lowest BCUT2D eigenvalue weighted by Crippen LogP contribution is -2.15. The normalized spacial score (nSPS) is 13.8. The first-order valence-electron chi connectivity index (χ1n) is 8.27. The highest BCUT2D eigenvalue weighted by molar-refractivity contribution is 8.01. The van der Waals surface area contributed by atoms with Crippen molar-refractivity contribution >= 4 is 45.1 Å². The molecular weight excluding hydrogens is 440 g/mol. The molecule has 0 spiro atoms. The maximum Gasteiger partial charge on any atom is 0.264 e. The minimum atomic E-state index is -4.13. The predicted octanol–water partition coefficient (Wildman–Crippen LogP) is 3.68. The first-order chi connectivity index (χ1) is 13.8. The number of ketones is 1. The van der Waals surface area contributed by atoms with Crippen molar-refractivity contribution in [3.8, 4) is 11.5 Å². The van der Waals surface area contributed by atoms with E-state index in [1.165, 1.54) is 17.8 Å². The Morgan fingerprint density at radius 2 is 2.10 bits per heavy atom. The number of ether oxygens (including phenoxy) is 2. The Labute approximate surface area is 176 Å². The van der Waals surface area contributed by atoms with Crippen LogP contribution in [0.4, 0.5) is 5.88 Å². The molecule has 0 unspecified atom stereocenters. The largest absolute Gasteiger partial charge is 0.454 e. The third-order valence-electron chi connectivity index (χ3n) is 3.82. The van der Waals surface area contributed by atoms with Crippen molar-refractivity contribution in [1.29, 1.82) is 0 Å². The molecule has 1 aromatic carbocycles. The van der Waals surface area contributed by atoms with Crippen LogP contribution in [0.25, 0.3) is 0 Å². The predicted molar refractivity (Wildman–Crippen MR) is 111 cm³/mol. The average Bonchev–Trinajstić information content (AvgIpc) is 3.26. The first kappa shape index (κ1) is 21.3. The molecular formula is C18H17ClN2O6S2. The van der Waals surface area contributed by atoms with Crippen molar-refractivity contribution in [3.63, 3.8) is 0 Å². The van der Waals surface area contributed by atoms with Crippen LogP contribution in [0.5, 0.6) is 11.5 Å². The lowest BCUT2D eigenvalue weighted by Gasteiger charge is -2.07. The number of nitrogens with zero attached hydrogens (tertiary/aromatic N) is 1. The van der Waals surface area contributed by atoms with Crippen LogP contribution >= 0.6 is 23.4 Å². The van der Waals surface area contributed by atoms with Gasteiger partial charge >= 0.3 is 0 Å². The number of fused-ring (bicyclic) bond motifs is 1. The van der Waals surface area contributed by atoms with Gasteiger partial charge in [0.2, 0.25) is 6.79 Å². The Morgan fingerprint density at radius 3 is 2.79 bits per heavy atom. The topological polar surface area (TPSA) is 108 Å². The second-order valence-electron chi connectivity index (χ2n) is 5.93. The zero-order chi connectivity index (χ0) is 21.0. The van der Waals surface area contributed by atoms with Crippen molar-refractivity contribution in [2.75, 3.05) is 17.8 Å². The summed E-state index contributed by atoms with van der Waals surface area (Å²) in [7, 11) is -4.13. The molecule has 154 valence electrons. The Hall–Kier alpha value is -2.43. The number of hydrogen-bond donors (Lipinski definition) is 1. The number of halogens is 1. The summed E-state index contributed by atoms with van der Waals surface area (Å²) in [5, 5.41) is 5.20. The summed E-state index contributed by atoms with van der Waals surface area (Å²) in [4.78, 5) is 12.3. The monoisotopic (exact) mass is 456 g/mol. The van der Waals surface area contributed by atoms with Gasteiger partial charge in [-0.05, 0) is 42.4 Å². The maximum atomic E-state index is 12.7. The highest BCUT2D eigenvalue weighted by atomic mass is 35.5. The van der Waals surface area contributed by atoms with Gasteiger partial charge in [0.15, 0.2) is 17.3 Å². The molecule has 2 heterocycles. The molecule has 0 aliphatic carbocycles. The Kier molecular flexibility index (Phi) is 6.56. The summed E-state index contributed by atoms with van der Waals surface area (Å²) in [5.74, 6) is 0.531. The van der Waals surface area contributed by atoms with Gasteiger partial charge in [-0.1, -0.05) is 22.8 Å². The molecule has 1 N–H and O–H groups in total. The Balaban J connectivity index is 1.83. The van der Waals surface area contributed by atoms with E-state index in [1.54, 1.807) is 36.8 Å². The minimum absolute atomic E-state index is 0.00899. The number of carbonyl (C=O) groups is 1. The number of allylic oxidation sites excluding steroid dienone is 2. The van der Waals surface area contributed by atoms with E-state index in [2.05, 4.69) is 9.88 Å². The Bertz CT molecular complexity index is 1090. The molecule has 0 saturated carbocycles. The van der Waals surface area contributed by atoms with Gasteiger partial charge in [-0.25, -0.2) is 13.1 Å². The quantitative estimate of drug-likeness (QED) is 0.473. The van der Waals surface area contributed by atoms with Gasteiger partial charge in [-0.2, -0.15) is 0 Å². The van der Waals surface area contributed by atoms with Crippen LogP contribution in [-0.4, -0.2) is 32.4 Å². The summed E-state index contributed by atoms with van der Waals surface area (Å²) in [6, 6.07) is 5.12. The van der Waals surface area contributed by atoms with Gasteiger partial charge in [0.1, 0.15) is 10.7 Å². The molecule has 11 heteroatoms. The van der Waals surface area contributed by atoms with Crippen LogP contribution in [0, 0.1) is 6.92 Å². The van der Waals surface area contributed by atoms with Crippen LogP contribution < -0.4 is 14.2 Å². The van der Waals surface area contributed by atoms with Crippen molar-refractivity contribution < 1.29 is 27.2 Å². The minimum Gasteiger partial charge on any atom is -0.454 e. The molecule has 8 nitrogen and oxygen atoms in total. The lowest BCUT2D eigenvalue weighted by molar-refractivity contribution is -0.114. The molecule has 1 aromatic heterocycles. The number of aryl methyl sites for hydroxylation is 1. The summed E-state index contributed by atoms with van der Waals surface area (Å²) in [6.07, 6.45) is 4.13. The maximum absolute atomic E-state index is 12.7. The van der Waals surface area contributed by atoms with Crippen LogP contribution in [-0.2, 0) is 21.2 Å². The number of benzene rings is 1. The molecule has 1 aliphatic heterocycles. The van der Waals surface area contributed by atoms with E-state index in [1.807, 2.05) is 0 Å². The number of rotatable bonds is 8. The first-order valence-corrected chi connectivity index (χ1v) is 11.4. The Morgan fingerprint density at radius 1 is 1.34 bits per heavy atom. The zero-order valence-corrected chi connectivity index (χ0v) is 17.9. The molecule has 2 aromatic rings. The lowest BCUT2D eigenvalue weighted by atomic mass is 10.1. The number of anilines is 1. The fraction of sp³-hybridized carbons (Fsp3) is 0.222. The number of aromatic nitrogens is 1. The average molecular weight is 457 g/mol. The van der Waals surface area contributed by atoms with E-state index in [0.29, 0.717) is 22.8 Å². The summed E-state index contributed by atoms with van der Waals surface area (Å²) >= 11 is 7.26. The third-order valence-corrected chi connectivity index (χ3v) is 6.00. The van der Waals surface area contributed by atoms with Gasteiger partial charge in [0.05, 0.1) is 4.91 Å². The molecule has 3 rings (SSSR count). The fourth-order valence-corrected chi connectivity index (χ4v) is 3.99. The zero-order valence-electron chi connectivity index (χ0n) is 15.5. The van der Waals surface area contributed by atoms with E-state index in [0.717, 1.165) is 6.08 Å². The van der Waals surface area contributed by atoms with Crippen LogP contribution in [0.1, 0.15) is 11.3 Å². The second-order valence-corrected chi connectivity index (χ2v) is 8.74. The highest BCUT2D eigenvalue weighted by Crippen LogP contribution is 2.33. The van der Waals surface area contributed by atoms with Gasteiger partial charge in [-0.15, -0.1) is 11.8 Å². The van der Waals surface area contributed by atoms with Gasteiger partial charge in [-0.3, -0.25) is 4.79 Å². The van der Waals surface area contributed by atoms with Gasteiger partial charge in [0, 0.05) is 12.5 Å². The summed E-state index contributed by atoms with van der Waals surface area (Å²) in [5.41, 5.74) is 1.01. The number of sulfonamides is 1. The molecule has 29 heavy (non-hydrogen) atoms. The van der Waals surface area contributed by atoms with E-state index < -0.39 is 15.8 Å². The van der Waals surface area contributed by atoms with Crippen molar-refractivity contribution in [3.05, 3.63) is 56.9 Å². The van der Waals surface area contributed by atoms with Crippen molar-refractivity contribution in [2.24, 2.45) is 0 Å². The van der Waals surface area contributed by atoms with E-state index >= 15 is 0 Å². The van der Waals surface area contributed by atoms with Crippen LogP contribution in [0.2, 0.25) is 5.02 Å². The standard InChI is InChI=1S/C18H17ClN2O6S2/c1-11-17(19)18(27-20-11)21-29(23,24)14(5-6-28-2)9-13(22)7-12-3-4-15-16(8-12)26-10-25-15/h3-6,8-9,21H,7,10H2,1-2H3/b6-5-,14-9-. The molecule has 0 fully saturated rings. The second kappa shape index (κ2) is 8.93. The number of hydrogen-bond acceptors (Lipinski definition) is 8. The van der Waals surface area contributed by atoms with E-state index in [9.17, 15) is 13.2 Å². The van der Waals surface area contributed by atoms with Crippen molar-refractivity contribution in [2.45, 2.75) is 13.3 Å². The van der Waals surface area contributed by atoms with Crippen LogP contribution in [0.3, 0.4) is 0 Å². The van der Waals surface area contributed by atoms with E-state index in [-0.39, 0.29) is 29.0 Å². The molecule has 0 amide bonds. The summed E-state index contributed by atoms with van der Waals surface area (Å²) in [6.45, 7) is 1.70. The molecule has 0 radical (unpaired) electrons. The number of thioether (sulfide) groups is 1. The van der Waals surface area contributed by atoms with Gasteiger partial charge in [0.25, 0.3) is 15.9 Å². The van der Waals surface area contributed by atoms with E-state index in [4.69, 9.17) is 25.6 Å². The SMILES string of the molecule is CS/C=C\C(=C\C(=O)Cc1ccc2c(c1)OCO2)S(=O)(=O)Nc1onc(C)c1Cl. The third kappa shape index (κ3) is 5.14. The van der Waals surface area contributed by atoms with Gasteiger partial charge < -0.3 is 14.0 Å². The molecule has 0 atom stereocenters. The fourth-order valence-electron chi connectivity index (χ4n) is 2.42. The molecule has 0 bridgehead atoms.